The largest absolute Gasteiger partial charge is 0.493 e. The summed E-state index contributed by atoms with van der Waals surface area (Å²) in [5, 5.41) is 12.3. The number of nitrogens with one attached hydrogen (secondary N) is 1. The summed E-state index contributed by atoms with van der Waals surface area (Å²) in [6.07, 6.45) is 0. The molecule has 0 amide bonds. The Morgan fingerprint density at radius 3 is 2.65 bits per heavy atom. The van der Waals surface area contributed by atoms with Crippen molar-refractivity contribution in [2.24, 2.45) is 0 Å². The Labute approximate surface area is 103 Å². The van der Waals surface area contributed by atoms with E-state index in [0.717, 1.165) is 12.1 Å². The minimum Gasteiger partial charge on any atom is -0.493 e. The van der Waals surface area contributed by atoms with E-state index < -0.39 is 0 Å². The second kappa shape index (κ2) is 7.14. The van der Waals surface area contributed by atoms with Gasteiger partial charge in [-0.3, -0.25) is 0 Å². The highest BCUT2D eigenvalue weighted by Crippen LogP contribution is 2.27. The topological polar surface area (TPSA) is 50.7 Å². The van der Waals surface area contributed by atoms with Gasteiger partial charge in [0.1, 0.15) is 6.61 Å². The van der Waals surface area contributed by atoms with Gasteiger partial charge < -0.3 is 19.9 Å². The Morgan fingerprint density at radius 1 is 1.29 bits per heavy atom. The Morgan fingerprint density at radius 2 is 2.06 bits per heavy atom. The summed E-state index contributed by atoms with van der Waals surface area (Å²) in [7, 11) is 1.59. The summed E-state index contributed by atoms with van der Waals surface area (Å²) in [5.74, 6) is 1.36. The number of ether oxygens (including phenoxy) is 2. The van der Waals surface area contributed by atoms with Gasteiger partial charge in [0.15, 0.2) is 11.5 Å². The maximum atomic E-state index is 9.02. The van der Waals surface area contributed by atoms with Crippen LogP contribution in [0.1, 0.15) is 19.4 Å². The molecular formula is C13H21NO3. The van der Waals surface area contributed by atoms with Crippen molar-refractivity contribution in [2.45, 2.75) is 26.5 Å². The molecule has 0 saturated carbocycles. The summed E-state index contributed by atoms with van der Waals surface area (Å²) in [5.41, 5.74) is 0.814. The molecule has 1 aromatic carbocycles. The van der Waals surface area contributed by atoms with Crippen molar-refractivity contribution in [2.75, 3.05) is 20.3 Å². The normalized spacial score (nSPS) is 10.6. The molecule has 1 aromatic rings. The van der Waals surface area contributed by atoms with Crippen molar-refractivity contribution in [1.29, 1.82) is 0 Å². The number of benzene rings is 1. The highest BCUT2D eigenvalue weighted by atomic mass is 16.5. The minimum absolute atomic E-state index is 0.00550. The molecule has 0 aliphatic heterocycles. The van der Waals surface area contributed by atoms with Gasteiger partial charge in [0.2, 0.25) is 0 Å². The second-order valence-electron chi connectivity index (χ2n) is 4.10. The van der Waals surface area contributed by atoms with Gasteiger partial charge in [-0.25, -0.2) is 0 Å². The van der Waals surface area contributed by atoms with Crippen LogP contribution < -0.4 is 14.8 Å². The minimum atomic E-state index is 0.00550. The molecule has 0 fully saturated rings. The molecule has 0 heterocycles. The molecule has 0 unspecified atom stereocenters. The van der Waals surface area contributed by atoms with E-state index in [2.05, 4.69) is 19.2 Å². The molecule has 4 nitrogen and oxygen atoms in total. The molecule has 0 saturated heterocycles. The van der Waals surface area contributed by atoms with Crippen LogP contribution in [0, 0.1) is 0 Å². The van der Waals surface area contributed by atoms with Crippen LogP contribution in [0.5, 0.6) is 11.5 Å². The molecule has 0 bridgehead atoms. The lowest BCUT2D eigenvalue weighted by Crippen LogP contribution is -2.27. The third-order valence-corrected chi connectivity index (χ3v) is 2.32. The number of aliphatic hydroxyl groups is 1. The number of aliphatic hydroxyl groups excluding tert-OH is 1. The van der Waals surface area contributed by atoms with Crippen LogP contribution in [-0.2, 0) is 6.61 Å². The highest BCUT2D eigenvalue weighted by Gasteiger charge is 2.05. The lowest BCUT2D eigenvalue weighted by atomic mass is 10.2. The number of methoxy groups -OCH3 is 1. The van der Waals surface area contributed by atoms with Gasteiger partial charge in [0, 0.05) is 12.6 Å². The molecule has 96 valence electrons. The van der Waals surface area contributed by atoms with Gasteiger partial charge in [-0.2, -0.15) is 0 Å². The first kappa shape index (κ1) is 13.8. The predicted molar refractivity (Wildman–Crippen MR) is 67.6 cm³/mol. The second-order valence-corrected chi connectivity index (χ2v) is 4.10. The van der Waals surface area contributed by atoms with Crippen LogP contribution in [0.2, 0.25) is 0 Å². The Bertz CT molecular complexity index is 339. The van der Waals surface area contributed by atoms with Gasteiger partial charge >= 0.3 is 0 Å². The molecule has 4 heteroatoms. The third kappa shape index (κ3) is 4.63. The fourth-order valence-corrected chi connectivity index (χ4v) is 1.44. The van der Waals surface area contributed by atoms with Crippen molar-refractivity contribution in [1.82, 2.24) is 5.32 Å². The zero-order chi connectivity index (χ0) is 12.7. The van der Waals surface area contributed by atoms with Gasteiger partial charge in [-0.15, -0.1) is 0 Å². The van der Waals surface area contributed by atoms with E-state index in [1.54, 1.807) is 13.2 Å². The van der Waals surface area contributed by atoms with Crippen molar-refractivity contribution in [3.8, 4) is 11.5 Å². The van der Waals surface area contributed by atoms with Gasteiger partial charge in [-0.05, 0) is 17.7 Å². The van der Waals surface area contributed by atoms with E-state index in [4.69, 9.17) is 14.6 Å². The fourth-order valence-electron chi connectivity index (χ4n) is 1.44. The molecule has 0 aliphatic rings. The Kier molecular flexibility index (Phi) is 5.80. The zero-order valence-electron chi connectivity index (χ0n) is 10.7. The molecule has 0 aliphatic carbocycles. The maximum absolute atomic E-state index is 9.02. The predicted octanol–water partition coefficient (Wildman–Crippen LogP) is 1.56. The molecule has 0 radical (unpaired) electrons. The van der Waals surface area contributed by atoms with Crippen LogP contribution in [0.4, 0.5) is 0 Å². The van der Waals surface area contributed by atoms with Crippen molar-refractivity contribution in [3.05, 3.63) is 23.8 Å². The smallest absolute Gasteiger partial charge is 0.161 e. The number of rotatable bonds is 7. The summed E-state index contributed by atoms with van der Waals surface area (Å²) in [6.45, 7) is 5.58. The van der Waals surface area contributed by atoms with E-state index in [1.165, 1.54) is 0 Å². The molecule has 0 aromatic heterocycles. The quantitative estimate of drug-likeness (QED) is 0.709. The molecule has 2 N–H and O–H groups in total. The lowest BCUT2D eigenvalue weighted by Gasteiger charge is -2.13. The van der Waals surface area contributed by atoms with E-state index in [1.807, 2.05) is 12.1 Å². The van der Waals surface area contributed by atoms with Crippen LogP contribution in [0.25, 0.3) is 0 Å². The monoisotopic (exact) mass is 239 g/mol. The van der Waals surface area contributed by atoms with Gasteiger partial charge in [0.05, 0.1) is 13.7 Å². The van der Waals surface area contributed by atoms with Gasteiger partial charge in [0.25, 0.3) is 0 Å². The van der Waals surface area contributed by atoms with Crippen LogP contribution in [0.3, 0.4) is 0 Å². The van der Waals surface area contributed by atoms with Crippen molar-refractivity contribution >= 4 is 0 Å². The number of hydrogen-bond donors (Lipinski definition) is 2. The number of hydrogen-bond acceptors (Lipinski definition) is 4. The lowest BCUT2D eigenvalue weighted by molar-refractivity contribution is 0.276. The third-order valence-electron chi connectivity index (χ3n) is 2.32. The Hall–Kier alpha value is -1.26. The molecule has 0 atom stereocenters. The first-order chi connectivity index (χ1) is 8.17. The van der Waals surface area contributed by atoms with Crippen molar-refractivity contribution < 1.29 is 14.6 Å². The van der Waals surface area contributed by atoms with E-state index in [9.17, 15) is 0 Å². The van der Waals surface area contributed by atoms with Gasteiger partial charge in [-0.1, -0.05) is 19.9 Å². The summed E-state index contributed by atoms with van der Waals surface area (Å²) >= 11 is 0. The van der Waals surface area contributed by atoms with Crippen LogP contribution in [-0.4, -0.2) is 31.4 Å². The standard InChI is InChI=1S/C13H21NO3/c1-10(2)14-6-7-17-12-5-4-11(9-15)8-13(12)16-3/h4-5,8,10,14-15H,6-7,9H2,1-3H3. The SMILES string of the molecule is COc1cc(CO)ccc1OCCNC(C)C. The average Bonchev–Trinajstić information content (AvgIpc) is 2.34. The fraction of sp³-hybridized carbons (Fsp3) is 0.538. The first-order valence-corrected chi connectivity index (χ1v) is 5.81. The van der Waals surface area contributed by atoms with E-state index in [-0.39, 0.29) is 6.61 Å². The zero-order valence-corrected chi connectivity index (χ0v) is 10.7. The summed E-state index contributed by atoms with van der Waals surface area (Å²) < 4.78 is 10.8. The van der Waals surface area contributed by atoms with Crippen LogP contribution in [0.15, 0.2) is 18.2 Å². The van der Waals surface area contributed by atoms with E-state index >= 15 is 0 Å². The van der Waals surface area contributed by atoms with Crippen molar-refractivity contribution in [3.63, 3.8) is 0 Å². The molecular weight excluding hydrogens is 218 g/mol. The molecule has 0 spiro atoms. The van der Waals surface area contributed by atoms with Crippen LogP contribution >= 0.6 is 0 Å². The molecule has 1 rings (SSSR count). The molecule has 17 heavy (non-hydrogen) atoms. The Balaban J connectivity index is 2.52. The first-order valence-electron chi connectivity index (χ1n) is 5.81. The average molecular weight is 239 g/mol. The highest BCUT2D eigenvalue weighted by molar-refractivity contribution is 5.42. The summed E-state index contributed by atoms with van der Waals surface area (Å²) in [6, 6.07) is 5.89. The maximum Gasteiger partial charge on any atom is 0.161 e. The summed E-state index contributed by atoms with van der Waals surface area (Å²) in [4.78, 5) is 0. The van der Waals surface area contributed by atoms with E-state index in [0.29, 0.717) is 24.1 Å².